The lowest BCUT2D eigenvalue weighted by Crippen LogP contribution is -2.03. The van der Waals surface area contributed by atoms with Crippen molar-refractivity contribution in [3.05, 3.63) is 29.6 Å². The number of alkyl halides is 3. The van der Waals surface area contributed by atoms with Crippen LogP contribution in [0.3, 0.4) is 0 Å². The number of carboxylic acid groups (broad SMARTS) is 1. The Labute approximate surface area is 109 Å². The molecule has 0 fully saturated rings. The van der Waals surface area contributed by atoms with Gasteiger partial charge in [-0.05, 0) is 18.2 Å². The number of rotatable bonds is 5. The molecule has 2 nitrogen and oxygen atoms in total. The van der Waals surface area contributed by atoms with Crippen molar-refractivity contribution in [3.8, 4) is 0 Å². The van der Waals surface area contributed by atoms with E-state index in [9.17, 15) is 22.4 Å². The Morgan fingerprint density at radius 3 is 2.50 bits per heavy atom. The minimum atomic E-state index is -4.27. The van der Waals surface area contributed by atoms with E-state index in [2.05, 4.69) is 0 Å². The predicted octanol–water partition coefficient (Wildman–Crippen LogP) is 3.87. The summed E-state index contributed by atoms with van der Waals surface area (Å²) in [5, 5.41) is 8.67. The first kappa shape index (κ1) is 15.2. The van der Waals surface area contributed by atoms with Crippen molar-refractivity contribution in [2.45, 2.75) is 10.4 Å². The number of aromatic carboxylic acids is 1. The maximum atomic E-state index is 13.0. The summed E-state index contributed by atoms with van der Waals surface area (Å²) in [5.41, 5.74) is -4.75. The average Bonchev–Trinajstić information content (AvgIpc) is 2.24. The molecular weight excluding hydrogens is 292 g/mol. The van der Waals surface area contributed by atoms with E-state index >= 15 is 0 Å². The van der Waals surface area contributed by atoms with Crippen molar-refractivity contribution >= 4 is 29.5 Å². The van der Waals surface area contributed by atoms with Crippen molar-refractivity contribution in [2.24, 2.45) is 0 Å². The van der Waals surface area contributed by atoms with E-state index in [1.807, 2.05) is 0 Å². The molecular formula is C10H8F4O2S2. The molecule has 18 heavy (non-hydrogen) atoms. The van der Waals surface area contributed by atoms with Gasteiger partial charge >= 0.3 is 11.5 Å². The Hall–Kier alpha value is -0.890. The number of hydrogen-bond acceptors (Lipinski definition) is 3. The number of carboxylic acids is 1. The number of thioether (sulfide) groups is 2. The molecule has 0 bridgehead atoms. The highest BCUT2D eigenvalue weighted by Gasteiger charge is 2.27. The fourth-order valence-electron chi connectivity index (χ4n) is 1.07. The van der Waals surface area contributed by atoms with Crippen molar-refractivity contribution in [1.82, 2.24) is 0 Å². The van der Waals surface area contributed by atoms with Crippen molar-refractivity contribution in [3.63, 3.8) is 0 Å². The molecule has 1 aromatic carbocycles. The molecule has 0 saturated heterocycles. The third-order valence-corrected chi connectivity index (χ3v) is 3.78. The standard InChI is InChI=1S/C10H8F4O2S2/c11-8-2-1-6(5-7(8)9(15)16)17-3-4-18-10(12,13)14/h1-2,5H,3-4H2,(H,15,16). The third-order valence-electron chi connectivity index (χ3n) is 1.79. The van der Waals surface area contributed by atoms with Gasteiger partial charge in [-0.3, -0.25) is 0 Å². The number of halogens is 4. The second-order valence-corrected chi connectivity index (χ2v) is 5.42. The lowest BCUT2D eigenvalue weighted by molar-refractivity contribution is -0.0326. The molecule has 0 heterocycles. The molecule has 0 saturated carbocycles. The Morgan fingerprint density at radius 2 is 1.94 bits per heavy atom. The Balaban J connectivity index is 2.53. The monoisotopic (exact) mass is 300 g/mol. The molecule has 1 rings (SSSR count). The first-order chi connectivity index (χ1) is 8.29. The Bertz CT molecular complexity index is 434. The Morgan fingerprint density at radius 1 is 1.28 bits per heavy atom. The molecule has 1 aromatic rings. The topological polar surface area (TPSA) is 37.3 Å². The Kier molecular flexibility index (Phi) is 5.33. The van der Waals surface area contributed by atoms with Crippen LogP contribution < -0.4 is 0 Å². The van der Waals surface area contributed by atoms with Crippen LogP contribution in [0.4, 0.5) is 17.6 Å². The molecule has 0 aromatic heterocycles. The summed E-state index contributed by atoms with van der Waals surface area (Å²) in [6.45, 7) is 0. The second kappa shape index (κ2) is 6.33. The summed E-state index contributed by atoms with van der Waals surface area (Å²) in [4.78, 5) is 11.1. The van der Waals surface area contributed by atoms with Gasteiger partial charge in [0, 0.05) is 16.4 Å². The molecule has 0 atom stereocenters. The first-order valence-corrected chi connectivity index (χ1v) is 6.63. The van der Waals surface area contributed by atoms with Gasteiger partial charge in [-0.15, -0.1) is 11.8 Å². The lowest BCUT2D eigenvalue weighted by Gasteiger charge is -2.06. The van der Waals surface area contributed by atoms with E-state index in [-0.39, 0.29) is 23.3 Å². The molecule has 8 heteroatoms. The van der Waals surface area contributed by atoms with Crippen LogP contribution in [0.1, 0.15) is 10.4 Å². The van der Waals surface area contributed by atoms with Crippen molar-refractivity contribution in [2.75, 3.05) is 11.5 Å². The van der Waals surface area contributed by atoms with Crippen LogP contribution in [0.25, 0.3) is 0 Å². The number of hydrogen-bond donors (Lipinski definition) is 1. The molecule has 0 aliphatic rings. The highest BCUT2D eigenvalue weighted by Crippen LogP contribution is 2.31. The van der Waals surface area contributed by atoms with Gasteiger partial charge in [0.15, 0.2) is 0 Å². The van der Waals surface area contributed by atoms with Crippen LogP contribution in [0.5, 0.6) is 0 Å². The third kappa shape index (κ3) is 5.18. The lowest BCUT2D eigenvalue weighted by atomic mass is 10.2. The van der Waals surface area contributed by atoms with Crippen LogP contribution in [0.2, 0.25) is 0 Å². The molecule has 100 valence electrons. The van der Waals surface area contributed by atoms with E-state index in [0.29, 0.717) is 4.90 Å². The minimum absolute atomic E-state index is 0.145. The zero-order valence-electron chi connectivity index (χ0n) is 8.83. The second-order valence-electron chi connectivity index (χ2n) is 3.09. The van der Waals surface area contributed by atoms with E-state index in [1.54, 1.807) is 0 Å². The summed E-state index contributed by atoms with van der Waals surface area (Å²) >= 11 is 0.906. The van der Waals surface area contributed by atoms with Crippen LogP contribution in [0.15, 0.2) is 23.1 Å². The molecule has 0 aliphatic heterocycles. The van der Waals surface area contributed by atoms with E-state index in [1.165, 1.54) is 6.07 Å². The number of carbonyl (C=O) groups is 1. The predicted molar refractivity (Wildman–Crippen MR) is 62.6 cm³/mol. The maximum Gasteiger partial charge on any atom is 0.441 e. The number of benzene rings is 1. The first-order valence-electron chi connectivity index (χ1n) is 4.66. The summed E-state index contributed by atoms with van der Waals surface area (Å²) in [7, 11) is 0. The molecule has 0 aliphatic carbocycles. The van der Waals surface area contributed by atoms with Gasteiger partial charge in [0.1, 0.15) is 5.82 Å². The molecule has 0 amide bonds. The highest BCUT2D eigenvalue weighted by atomic mass is 32.2. The largest absolute Gasteiger partial charge is 0.478 e. The molecule has 1 N–H and O–H groups in total. The van der Waals surface area contributed by atoms with Gasteiger partial charge in [-0.2, -0.15) is 13.2 Å². The summed E-state index contributed by atoms with van der Waals surface area (Å²) in [6, 6.07) is 3.44. The van der Waals surface area contributed by atoms with E-state index < -0.39 is 22.9 Å². The highest BCUT2D eigenvalue weighted by molar-refractivity contribution is 8.03. The molecule has 0 radical (unpaired) electrons. The zero-order valence-corrected chi connectivity index (χ0v) is 10.5. The van der Waals surface area contributed by atoms with Gasteiger partial charge in [-0.25, -0.2) is 9.18 Å². The van der Waals surface area contributed by atoms with Crippen LogP contribution >= 0.6 is 23.5 Å². The molecule has 0 spiro atoms. The summed E-state index contributed by atoms with van der Waals surface area (Å²) in [6.07, 6.45) is 0. The van der Waals surface area contributed by atoms with Gasteiger partial charge in [-0.1, -0.05) is 11.8 Å². The van der Waals surface area contributed by atoms with Gasteiger partial charge < -0.3 is 5.11 Å². The summed E-state index contributed by atoms with van der Waals surface area (Å²) in [5.74, 6) is -2.25. The van der Waals surface area contributed by atoms with Crippen LogP contribution in [0, 0.1) is 5.82 Å². The normalized spacial score (nSPS) is 11.6. The van der Waals surface area contributed by atoms with Crippen molar-refractivity contribution < 1.29 is 27.5 Å². The maximum absolute atomic E-state index is 13.0. The van der Waals surface area contributed by atoms with Crippen molar-refractivity contribution in [1.29, 1.82) is 0 Å². The fraction of sp³-hybridized carbons (Fsp3) is 0.300. The fourth-order valence-corrected chi connectivity index (χ4v) is 2.57. The SMILES string of the molecule is O=C(O)c1cc(SCCSC(F)(F)F)ccc1F. The zero-order chi connectivity index (χ0) is 13.8. The smallest absolute Gasteiger partial charge is 0.441 e. The van der Waals surface area contributed by atoms with Gasteiger partial charge in [0.25, 0.3) is 0 Å². The molecule has 0 unspecified atom stereocenters. The van der Waals surface area contributed by atoms with E-state index in [4.69, 9.17) is 5.11 Å². The minimum Gasteiger partial charge on any atom is -0.478 e. The van der Waals surface area contributed by atoms with E-state index in [0.717, 1.165) is 23.9 Å². The van der Waals surface area contributed by atoms with Crippen LogP contribution in [-0.4, -0.2) is 28.1 Å². The van der Waals surface area contributed by atoms with Gasteiger partial charge in [0.2, 0.25) is 0 Å². The average molecular weight is 300 g/mol. The van der Waals surface area contributed by atoms with Gasteiger partial charge in [0.05, 0.1) is 5.56 Å². The quantitative estimate of drug-likeness (QED) is 0.509. The van der Waals surface area contributed by atoms with Crippen LogP contribution in [-0.2, 0) is 0 Å². The summed E-state index contributed by atoms with van der Waals surface area (Å²) < 4.78 is 48.5.